The van der Waals surface area contributed by atoms with Crippen LogP contribution in [0.25, 0.3) is 17.1 Å². The molecule has 0 atom stereocenters. The van der Waals surface area contributed by atoms with Crippen molar-refractivity contribution in [2.45, 2.75) is 19.0 Å². The highest BCUT2D eigenvalue weighted by Crippen LogP contribution is 2.30. The molecule has 0 saturated carbocycles. The molecule has 31 heavy (non-hydrogen) atoms. The molecule has 0 unspecified atom stereocenters. The zero-order chi connectivity index (χ0) is 22.0. The van der Waals surface area contributed by atoms with E-state index in [1.807, 2.05) is 66.9 Å². The SMILES string of the molecule is Cc1ccc(-n2c(SCC(=O)c3ccc(O)c(O)c3)nnc2-c2cccc(C)c2)cc1. The first-order chi connectivity index (χ1) is 14.9. The van der Waals surface area contributed by atoms with Gasteiger partial charge >= 0.3 is 0 Å². The summed E-state index contributed by atoms with van der Waals surface area (Å²) in [6.45, 7) is 4.05. The number of phenols is 2. The fraction of sp³-hybridized carbons (Fsp3) is 0.125. The van der Waals surface area contributed by atoms with E-state index in [0.717, 1.165) is 22.4 Å². The molecular formula is C24H21N3O3S. The van der Waals surface area contributed by atoms with Crippen molar-refractivity contribution in [3.8, 4) is 28.6 Å². The van der Waals surface area contributed by atoms with E-state index < -0.39 is 0 Å². The number of hydrogen-bond acceptors (Lipinski definition) is 6. The maximum absolute atomic E-state index is 12.6. The van der Waals surface area contributed by atoms with Crippen LogP contribution in [-0.4, -0.2) is 36.5 Å². The smallest absolute Gasteiger partial charge is 0.196 e. The van der Waals surface area contributed by atoms with Gasteiger partial charge in [0.15, 0.2) is 28.3 Å². The first kappa shape index (κ1) is 20.7. The van der Waals surface area contributed by atoms with Gasteiger partial charge in [-0.2, -0.15) is 0 Å². The van der Waals surface area contributed by atoms with E-state index in [-0.39, 0.29) is 23.0 Å². The van der Waals surface area contributed by atoms with Gasteiger partial charge in [-0.1, -0.05) is 53.2 Å². The molecule has 4 rings (SSSR count). The summed E-state index contributed by atoms with van der Waals surface area (Å²) in [5.41, 5.74) is 4.43. The second kappa shape index (κ2) is 8.65. The molecule has 7 heteroatoms. The lowest BCUT2D eigenvalue weighted by Crippen LogP contribution is -2.05. The number of carbonyl (C=O) groups excluding carboxylic acids is 1. The van der Waals surface area contributed by atoms with Crippen molar-refractivity contribution >= 4 is 17.5 Å². The van der Waals surface area contributed by atoms with Gasteiger partial charge in [0.25, 0.3) is 0 Å². The molecule has 0 saturated heterocycles. The number of phenolic OH excluding ortho intramolecular Hbond substituents is 2. The standard InChI is InChI=1S/C24H21N3O3S/c1-15-6-9-19(10-7-15)27-23(18-5-3-4-16(2)12-18)25-26-24(27)31-14-22(30)17-8-11-20(28)21(29)13-17/h3-13,28-29H,14H2,1-2H3. The van der Waals surface area contributed by atoms with Gasteiger partial charge in [0.2, 0.25) is 0 Å². The van der Waals surface area contributed by atoms with Crippen LogP contribution in [0, 0.1) is 13.8 Å². The van der Waals surface area contributed by atoms with Gasteiger partial charge in [0, 0.05) is 16.8 Å². The van der Waals surface area contributed by atoms with E-state index in [1.165, 1.54) is 30.0 Å². The van der Waals surface area contributed by atoms with Crippen molar-refractivity contribution in [2.24, 2.45) is 0 Å². The maximum Gasteiger partial charge on any atom is 0.196 e. The summed E-state index contributed by atoms with van der Waals surface area (Å²) >= 11 is 1.27. The molecule has 0 aliphatic heterocycles. The summed E-state index contributed by atoms with van der Waals surface area (Å²) in [5, 5.41) is 28.5. The van der Waals surface area contributed by atoms with Crippen LogP contribution < -0.4 is 0 Å². The number of rotatable bonds is 6. The van der Waals surface area contributed by atoms with Gasteiger partial charge < -0.3 is 10.2 Å². The van der Waals surface area contributed by atoms with Gasteiger partial charge in [0.05, 0.1) is 5.75 Å². The van der Waals surface area contributed by atoms with Crippen molar-refractivity contribution in [2.75, 3.05) is 5.75 Å². The molecule has 6 nitrogen and oxygen atoms in total. The van der Waals surface area contributed by atoms with Crippen molar-refractivity contribution in [1.82, 2.24) is 14.8 Å². The van der Waals surface area contributed by atoms with Crippen LogP contribution in [0.1, 0.15) is 21.5 Å². The summed E-state index contributed by atoms with van der Waals surface area (Å²) < 4.78 is 1.94. The summed E-state index contributed by atoms with van der Waals surface area (Å²) in [6, 6.07) is 20.1. The van der Waals surface area contributed by atoms with Crippen LogP contribution in [0.5, 0.6) is 11.5 Å². The van der Waals surface area contributed by atoms with E-state index in [4.69, 9.17) is 0 Å². The summed E-state index contributed by atoms with van der Waals surface area (Å²) in [4.78, 5) is 12.6. The van der Waals surface area contributed by atoms with Crippen LogP contribution in [0.2, 0.25) is 0 Å². The molecule has 0 aliphatic rings. The Morgan fingerprint density at radius 2 is 1.68 bits per heavy atom. The van der Waals surface area contributed by atoms with Crippen LogP contribution in [0.15, 0.2) is 71.9 Å². The molecule has 3 aromatic carbocycles. The largest absolute Gasteiger partial charge is 0.504 e. The first-order valence-corrected chi connectivity index (χ1v) is 10.7. The Morgan fingerprint density at radius 1 is 0.903 bits per heavy atom. The number of aromatic hydroxyl groups is 2. The van der Waals surface area contributed by atoms with E-state index in [1.54, 1.807) is 0 Å². The number of nitrogens with zero attached hydrogens (tertiary/aromatic N) is 3. The highest BCUT2D eigenvalue weighted by Gasteiger charge is 2.18. The van der Waals surface area contributed by atoms with Crippen LogP contribution >= 0.6 is 11.8 Å². The lowest BCUT2D eigenvalue weighted by molar-refractivity contribution is 0.102. The van der Waals surface area contributed by atoms with Crippen LogP contribution in [0.4, 0.5) is 0 Å². The van der Waals surface area contributed by atoms with Gasteiger partial charge in [0.1, 0.15) is 0 Å². The Balaban J connectivity index is 1.68. The molecule has 0 aliphatic carbocycles. The molecule has 0 amide bonds. The van der Waals surface area contributed by atoms with E-state index in [0.29, 0.717) is 16.5 Å². The van der Waals surface area contributed by atoms with Gasteiger partial charge in [-0.05, 0) is 50.2 Å². The highest BCUT2D eigenvalue weighted by molar-refractivity contribution is 7.99. The molecule has 4 aromatic rings. The Morgan fingerprint density at radius 3 is 2.39 bits per heavy atom. The number of aryl methyl sites for hydroxylation is 2. The molecule has 1 aromatic heterocycles. The lowest BCUT2D eigenvalue weighted by Gasteiger charge is -2.11. The summed E-state index contributed by atoms with van der Waals surface area (Å²) in [7, 11) is 0. The Kier molecular flexibility index (Phi) is 5.77. The van der Waals surface area contributed by atoms with Crippen LogP contribution in [-0.2, 0) is 0 Å². The lowest BCUT2D eigenvalue weighted by atomic mass is 10.1. The number of Topliss-reactive ketones (excluding diaryl/α,β-unsaturated/α-hetero) is 1. The average Bonchev–Trinajstić information content (AvgIpc) is 3.18. The molecule has 2 N–H and O–H groups in total. The third-order valence-corrected chi connectivity index (χ3v) is 5.76. The third-order valence-electron chi connectivity index (χ3n) is 4.83. The van der Waals surface area contributed by atoms with E-state index in [2.05, 4.69) is 10.2 Å². The van der Waals surface area contributed by atoms with E-state index in [9.17, 15) is 15.0 Å². The second-order valence-electron chi connectivity index (χ2n) is 7.26. The number of carbonyl (C=O) groups is 1. The van der Waals surface area contributed by atoms with Gasteiger partial charge in [-0.25, -0.2) is 0 Å². The van der Waals surface area contributed by atoms with Gasteiger partial charge in [-0.3, -0.25) is 9.36 Å². The normalized spacial score (nSPS) is 10.9. The van der Waals surface area contributed by atoms with Crippen molar-refractivity contribution in [3.05, 3.63) is 83.4 Å². The fourth-order valence-electron chi connectivity index (χ4n) is 3.17. The summed E-state index contributed by atoms with van der Waals surface area (Å²) in [5.74, 6) is 0.0503. The zero-order valence-corrected chi connectivity index (χ0v) is 17.9. The number of ketones is 1. The van der Waals surface area contributed by atoms with Gasteiger partial charge in [-0.15, -0.1) is 10.2 Å². The minimum absolute atomic E-state index is 0.113. The third kappa shape index (κ3) is 4.46. The Hall–Kier alpha value is -3.58. The van der Waals surface area contributed by atoms with E-state index >= 15 is 0 Å². The molecule has 0 radical (unpaired) electrons. The molecular weight excluding hydrogens is 410 g/mol. The highest BCUT2D eigenvalue weighted by atomic mass is 32.2. The maximum atomic E-state index is 12.6. The topological polar surface area (TPSA) is 88.2 Å². The monoisotopic (exact) mass is 431 g/mol. The summed E-state index contributed by atoms with van der Waals surface area (Å²) in [6.07, 6.45) is 0. The van der Waals surface area contributed by atoms with Crippen molar-refractivity contribution < 1.29 is 15.0 Å². The molecule has 1 heterocycles. The molecule has 156 valence electrons. The van der Waals surface area contributed by atoms with Crippen molar-refractivity contribution in [3.63, 3.8) is 0 Å². The molecule has 0 bridgehead atoms. The minimum Gasteiger partial charge on any atom is -0.504 e. The number of hydrogen-bond donors (Lipinski definition) is 2. The second-order valence-corrected chi connectivity index (χ2v) is 8.20. The van der Waals surface area contributed by atoms with Crippen molar-refractivity contribution in [1.29, 1.82) is 0 Å². The van der Waals surface area contributed by atoms with Crippen LogP contribution in [0.3, 0.4) is 0 Å². The Bertz CT molecular complexity index is 1250. The molecule has 0 spiro atoms. The predicted octanol–water partition coefficient (Wildman–Crippen LogP) is 4.94. The first-order valence-electron chi connectivity index (χ1n) is 9.70. The number of aromatic nitrogens is 3. The number of benzene rings is 3. The molecule has 0 fully saturated rings. The Labute approximate surface area is 184 Å². The quantitative estimate of drug-likeness (QED) is 0.255. The fourth-order valence-corrected chi connectivity index (χ4v) is 4.02. The average molecular weight is 432 g/mol. The predicted molar refractivity (Wildman–Crippen MR) is 121 cm³/mol. The minimum atomic E-state index is -0.319. The number of thioether (sulfide) groups is 1. The zero-order valence-electron chi connectivity index (χ0n) is 17.1.